The second kappa shape index (κ2) is 15.5. The Morgan fingerprint density at radius 2 is 1.35 bits per heavy atom. The van der Waals surface area contributed by atoms with E-state index >= 15 is 0 Å². The van der Waals surface area contributed by atoms with Crippen molar-refractivity contribution in [3.05, 3.63) is 167 Å². The van der Waals surface area contributed by atoms with Crippen molar-refractivity contribution >= 4 is 46.9 Å². The van der Waals surface area contributed by atoms with Gasteiger partial charge in [0.15, 0.2) is 0 Å². The van der Waals surface area contributed by atoms with E-state index in [1.54, 1.807) is 42.5 Å². The fraction of sp³-hybridized carbons (Fsp3) is 0.103. The molecule has 5 aromatic rings. The highest BCUT2D eigenvalue weighted by Crippen LogP contribution is 2.37. The number of anilines is 2. The summed E-state index contributed by atoms with van der Waals surface area (Å²) in [6.07, 6.45) is 2.45. The number of benzene rings is 5. The number of rotatable bonds is 11. The first kappa shape index (κ1) is 32.0. The van der Waals surface area contributed by atoms with Crippen molar-refractivity contribution in [1.29, 1.82) is 0 Å². The summed E-state index contributed by atoms with van der Waals surface area (Å²) in [7, 11) is 0. The molecule has 7 heteroatoms. The maximum atomic E-state index is 13.7. The summed E-state index contributed by atoms with van der Waals surface area (Å²) in [5, 5.41) is 8.35. The number of hydrogen-bond acceptors (Lipinski definition) is 4. The zero-order valence-corrected chi connectivity index (χ0v) is 26.5. The second-order valence-electron chi connectivity index (χ2n) is 10.6. The predicted molar refractivity (Wildman–Crippen MR) is 188 cm³/mol. The molecule has 0 aromatic heterocycles. The Bertz CT molecular complexity index is 1820. The lowest BCUT2D eigenvalue weighted by Crippen LogP contribution is -2.30. The minimum atomic E-state index is -0.500. The predicted octanol–water partition coefficient (Wildman–Crippen LogP) is 8.44. The molecule has 3 amide bonds. The average molecular weight is 626 g/mol. The number of amides is 3. The molecule has 0 saturated carbocycles. The van der Waals surface area contributed by atoms with Crippen molar-refractivity contribution in [2.24, 2.45) is 0 Å². The van der Waals surface area contributed by atoms with E-state index in [4.69, 9.17) is 0 Å². The van der Waals surface area contributed by atoms with Crippen molar-refractivity contribution in [2.45, 2.75) is 30.4 Å². The summed E-state index contributed by atoms with van der Waals surface area (Å²) in [5.74, 6) is -0.950. The molecule has 0 spiro atoms. The summed E-state index contributed by atoms with van der Waals surface area (Å²) in [6, 6.07) is 41.1. The van der Waals surface area contributed by atoms with Crippen molar-refractivity contribution in [1.82, 2.24) is 5.32 Å². The lowest BCUT2D eigenvalue weighted by molar-refractivity contribution is -0.116. The first-order chi connectivity index (χ1) is 22.4. The molecule has 46 heavy (non-hydrogen) atoms. The number of hydrogen-bond donors (Lipinski definition) is 3. The largest absolute Gasteiger partial charge is 0.324 e. The molecule has 6 nitrogen and oxygen atoms in total. The van der Waals surface area contributed by atoms with Crippen molar-refractivity contribution < 1.29 is 14.4 Å². The fourth-order valence-corrected chi connectivity index (χ4v) is 5.93. The third-order valence-corrected chi connectivity index (χ3v) is 8.60. The lowest BCUT2D eigenvalue weighted by atomic mass is 10.1. The first-order valence-corrected chi connectivity index (χ1v) is 15.9. The van der Waals surface area contributed by atoms with Crippen LogP contribution in [0.3, 0.4) is 0 Å². The summed E-state index contributed by atoms with van der Waals surface area (Å²) in [4.78, 5) is 40.9. The molecule has 0 saturated heterocycles. The molecule has 0 radical (unpaired) electrons. The van der Waals surface area contributed by atoms with Crippen LogP contribution in [-0.4, -0.2) is 17.7 Å². The Hall–Kier alpha value is -5.40. The van der Waals surface area contributed by atoms with Crippen molar-refractivity contribution in [3.8, 4) is 0 Å². The van der Waals surface area contributed by atoms with Gasteiger partial charge >= 0.3 is 0 Å². The third-order valence-electron chi connectivity index (χ3n) is 7.33. The van der Waals surface area contributed by atoms with Crippen LogP contribution in [0.4, 0.5) is 11.4 Å². The highest BCUT2D eigenvalue weighted by atomic mass is 32.2. The van der Waals surface area contributed by atoms with Gasteiger partial charge in [-0.25, -0.2) is 0 Å². The maximum Gasteiger partial charge on any atom is 0.272 e. The van der Waals surface area contributed by atoms with E-state index in [1.165, 1.54) is 11.8 Å². The molecular weight excluding hydrogens is 591 g/mol. The molecule has 1 unspecified atom stereocenters. The van der Waals surface area contributed by atoms with Crippen molar-refractivity contribution in [3.63, 3.8) is 0 Å². The zero-order valence-electron chi connectivity index (χ0n) is 25.7. The van der Waals surface area contributed by atoms with Gasteiger partial charge < -0.3 is 16.0 Å². The third kappa shape index (κ3) is 8.40. The SMILES string of the molecule is CCc1cccc(C)c1NC(=O)C(Sc1ccc(NC(=O)/C(=C/c2ccccc2)NC(=O)c2ccccc2)cc1)c1ccccc1. The van der Waals surface area contributed by atoms with E-state index in [-0.39, 0.29) is 17.5 Å². The summed E-state index contributed by atoms with van der Waals surface area (Å²) in [6.45, 7) is 4.08. The molecule has 0 heterocycles. The molecule has 0 aliphatic carbocycles. The van der Waals surface area contributed by atoms with Crippen LogP contribution in [0.25, 0.3) is 6.08 Å². The molecule has 1 atom stereocenters. The molecule has 0 aliphatic heterocycles. The lowest BCUT2D eigenvalue weighted by Gasteiger charge is -2.20. The normalized spacial score (nSPS) is 11.7. The quantitative estimate of drug-likeness (QED) is 0.102. The van der Waals surface area contributed by atoms with Crippen molar-refractivity contribution in [2.75, 3.05) is 10.6 Å². The van der Waals surface area contributed by atoms with E-state index in [0.29, 0.717) is 11.3 Å². The number of carbonyl (C=O) groups is 3. The first-order valence-electron chi connectivity index (χ1n) is 15.1. The van der Waals surface area contributed by atoms with Crippen LogP contribution in [0.2, 0.25) is 0 Å². The van der Waals surface area contributed by atoms with Gasteiger partial charge in [0.1, 0.15) is 10.9 Å². The molecule has 3 N–H and O–H groups in total. The molecule has 0 bridgehead atoms. The van der Waals surface area contributed by atoms with Gasteiger partial charge in [-0.05, 0) is 78.1 Å². The number of carbonyl (C=O) groups excluding carboxylic acids is 3. The van der Waals surface area contributed by atoms with Crippen LogP contribution >= 0.6 is 11.8 Å². The minimum Gasteiger partial charge on any atom is -0.324 e. The Balaban J connectivity index is 1.33. The fourth-order valence-electron chi connectivity index (χ4n) is 4.90. The number of para-hydroxylation sites is 1. The maximum absolute atomic E-state index is 13.7. The summed E-state index contributed by atoms with van der Waals surface area (Å²) >= 11 is 1.44. The smallest absolute Gasteiger partial charge is 0.272 e. The van der Waals surface area contributed by atoms with Gasteiger partial charge in [-0.1, -0.05) is 104 Å². The van der Waals surface area contributed by atoms with E-state index in [9.17, 15) is 14.4 Å². The van der Waals surface area contributed by atoms with E-state index in [0.717, 1.165) is 39.3 Å². The van der Waals surface area contributed by atoms with E-state index in [1.807, 2.05) is 104 Å². The standard InChI is InChI=1S/C39H35N3O3S/c1-3-29-21-13-14-27(2)35(29)42-39(45)36(30-17-9-5-10-18-30)46-33-24-22-32(23-25-33)40-38(44)34(26-28-15-7-4-8-16-28)41-37(43)31-19-11-6-12-20-31/h4-26,36H,3H2,1-2H3,(H,40,44)(H,41,43)(H,42,45)/b34-26-. The second-order valence-corrected chi connectivity index (χ2v) is 11.8. The highest BCUT2D eigenvalue weighted by Gasteiger charge is 2.24. The van der Waals surface area contributed by atoms with Crippen LogP contribution in [0.15, 0.2) is 144 Å². The van der Waals surface area contributed by atoms with Crippen LogP contribution in [-0.2, 0) is 16.0 Å². The molecular formula is C39H35N3O3S. The molecule has 5 aromatic carbocycles. The van der Waals surface area contributed by atoms with Gasteiger partial charge in [0.2, 0.25) is 5.91 Å². The summed E-state index contributed by atoms with van der Waals surface area (Å²) < 4.78 is 0. The average Bonchev–Trinajstić information content (AvgIpc) is 3.09. The van der Waals surface area contributed by atoms with E-state index in [2.05, 4.69) is 22.9 Å². The van der Waals surface area contributed by atoms with Crippen LogP contribution in [0.1, 0.15) is 44.8 Å². The Morgan fingerprint density at radius 3 is 2.00 bits per heavy atom. The molecule has 0 fully saturated rings. The van der Waals surface area contributed by atoms with E-state index < -0.39 is 11.2 Å². The van der Waals surface area contributed by atoms with Gasteiger partial charge in [0, 0.05) is 21.8 Å². The Morgan fingerprint density at radius 1 is 0.717 bits per heavy atom. The Kier molecular flexibility index (Phi) is 10.8. The highest BCUT2D eigenvalue weighted by molar-refractivity contribution is 8.00. The number of nitrogens with one attached hydrogen (secondary N) is 3. The van der Waals surface area contributed by atoms with Gasteiger partial charge in [0.05, 0.1) is 0 Å². The summed E-state index contributed by atoms with van der Waals surface area (Å²) in [5.41, 5.74) is 5.73. The van der Waals surface area contributed by atoms with Gasteiger partial charge in [-0.15, -0.1) is 11.8 Å². The Labute approximate surface area is 274 Å². The van der Waals surface area contributed by atoms with Gasteiger partial charge in [-0.2, -0.15) is 0 Å². The van der Waals surface area contributed by atoms with Crippen LogP contribution < -0.4 is 16.0 Å². The van der Waals surface area contributed by atoms with Gasteiger partial charge in [0.25, 0.3) is 11.8 Å². The monoisotopic (exact) mass is 625 g/mol. The topological polar surface area (TPSA) is 87.3 Å². The van der Waals surface area contributed by atoms with Crippen LogP contribution in [0.5, 0.6) is 0 Å². The molecule has 0 aliphatic rings. The van der Waals surface area contributed by atoms with Gasteiger partial charge in [-0.3, -0.25) is 14.4 Å². The zero-order chi connectivity index (χ0) is 32.3. The molecule has 230 valence electrons. The number of thioether (sulfide) groups is 1. The van der Waals surface area contributed by atoms with Crippen LogP contribution in [0, 0.1) is 6.92 Å². The number of aryl methyl sites for hydroxylation is 2. The molecule has 5 rings (SSSR count). The minimum absolute atomic E-state index is 0.109.